The first kappa shape index (κ1) is 19.8. The summed E-state index contributed by atoms with van der Waals surface area (Å²) in [4.78, 5) is 11.1. The molecule has 0 aliphatic carbocycles. The molecule has 28 heavy (non-hydrogen) atoms. The number of hydrogen-bond donors (Lipinski definition) is 1. The minimum atomic E-state index is -0.496. The number of halogens is 2. The highest BCUT2D eigenvalue weighted by Gasteiger charge is 2.17. The molecule has 140 valence electrons. The van der Waals surface area contributed by atoms with Crippen LogP contribution in [0.4, 0.5) is 4.39 Å². The first-order chi connectivity index (χ1) is 13.5. The minimum Gasteiger partial charge on any atom is -0.454 e. The number of benzene rings is 2. The zero-order chi connectivity index (χ0) is 20.1. The molecule has 0 amide bonds. The van der Waals surface area contributed by atoms with Crippen LogP contribution in [0.5, 0.6) is 11.5 Å². The molecule has 0 aliphatic heterocycles. The second-order valence-electron chi connectivity index (χ2n) is 5.96. The van der Waals surface area contributed by atoms with Crippen molar-refractivity contribution in [3.63, 3.8) is 0 Å². The highest BCUT2D eigenvalue weighted by Crippen LogP contribution is 2.33. The van der Waals surface area contributed by atoms with E-state index in [1.807, 2.05) is 0 Å². The van der Waals surface area contributed by atoms with Gasteiger partial charge in [-0.15, -0.1) is 0 Å². The number of alkyl halides is 1. The Bertz CT molecular complexity index is 1110. The molecule has 3 aromatic rings. The number of ether oxygens (including phenoxy) is 1. The summed E-state index contributed by atoms with van der Waals surface area (Å²) in [6, 6.07) is 13.4. The van der Waals surface area contributed by atoms with Crippen molar-refractivity contribution in [2.75, 3.05) is 0 Å². The minimum absolute atomic E-state index is 0.112. The molecule has 2 aromatic carbocycles. The Labute approximate surface area is 174 Å². The molecular weight excluding hydrogens is 472 g/mol. The van der Waals surface area contributed by atoms with Crippen LogP contribution in [-0.2, 0) is 10.8 Å². The van der Waals surface area contributed by atoms with Gasteiger partial charge in [0.15, 0.2) is 11.6 Å². The summed E-state index contributed by atoms with van der Waals surface area (Å²) >= 11 is 2.14. The summed E-state index contributed by atoms with van der Waals surface area (Å²) in [6.07, 6.45) is 1.80. The first-order valence-electron chi connectivity index (χ1n) is 8.30. The van der Waals surface area contributed by atoms with Crippen LogP contribution < -0.4 is 10.3 Å². The lowest BCUT2D eigenvalue weighted by Crippen LogP contribution is -2.08. The molecule has 0 atom stereocenters. The van der Waals surface area contributed by atoms with Crippen LogP contribution in [0, 0.1) is 17.1 Å². The van der Waals surface area contributed by atoms with E-state index in [0.29, 0.717) is 38.1 Å². The fraction of sp³-hybridized carbons (Fsp3) is 0.0952. The second kappa shape index (κ2) is 8.80. The van der Waals surface area contributed by atoms with Gasteiger partial charge in [0.25, 0.3) is 5.56 Å². The van der Waals surface area contributed by atoms with Crippen LogP contribution in [0.3, 0.4) is 0 Å². The number of nitrogens with zero attached hydrogens (tertiary/aromatic N) is 2. The summed E-state index contributed by atoms with van der Waals surface area (Å²) in [7, 11) is 0. The molecule has 0 saturated carbocycles. The molecule has 0 radical (unpaired) electrons. The lowest BCUT2D eigenvalue weighted by molar-refractivity contribution is 0.435. The van der Waals surface area contributed by atoms with Crippen LogP contribution in [-0.4, -0.2) is 10.2 Å². The van der Waals surface area contributed by atoms with E-state index >= 15 is 4.39 Å². The average Bonchev–Trinajstić information content (AvgIpc) is 2.72. The summed E-state index contributed by atoms with van der Waals surface area (Å²) in [5.74, 6) is -0.0237. The predicted octanol–water partition coefficient (Wildman–Crippen LogP) is 4.74. The monoisotopic (exact) mass is 487 g/mol. The first-order valence-corrected chi connectivity index (χ1v) is 9.83. The Morgan fingerprint density at radius 1 is 1.25 bits per heavy atom. The van der Waals surface area contributed by atoms with Crippen LogP contribution in [0.2, 0.25) is 0 Å². The molecule has 0 unspecified atom stereocenters. The zero-order valence-electron chi connectivity index (χ0n) is 14.7. The Morgan fingerprint density at radius 2 is 2.04 bits per heavy atom. The summed E-state index contributed by atoms with van der Waals surface area (Å²) in [5, 5.41) is 15.4. The van der Waals surface area contributed by atoms with Crippen molar-refractivity contribution >= 4 is 28.7 Å². The summed E-state index contributed by atoms with van der Waals surface area (Å²) in [5.41, 5.74) is 2.41. The summed E-state index contributed by atoms with van der Waals surface area (Å²) < 4.78 is 21.6. The third-order valence-electron chi connectivity index (χ3n) is 4.02. The number of aromatic amines is 1. The predicted molar refractivity (Wildman–Crippen MR) is 113 cm³/mol. The number of rotatable bonds is 6. The largest absolute Gasteiger partial charge is 0.454 e. The van der Waals surface area contributed by atoms with E-state index in [0.717, 1.165) is 0 Å². The third-order valence-corrected chi connectivity index (χ3v) is 4.85. The van der Waals surface area contributed by atoms with E-state index in [2.05, 4.69) is 45.4 Å². The van der Waals surface area contributed by atoms with Gasteiger partial charge in [-0.3, -0.25) is 4.79 Å². The number of nitrogens with one attached hydrogen (secondary N) is 1. The molecule has 0 spiro atoms. The van der Waals surface area contributed by atoms with Gasteiger partial charge in [0.1, 0.15) is 5.75 Å². The van der Waals surface area contributed by atoms with Gasteiger partial charge < -0.3 is 4.74 Å². The topological polar surface area (TPSA) is 78.8 Å². The van der Waals surface area contributed by atoms with E-state index in [-0.39, 0.29) is 17.7 Å². The van der Waals surface area contributed by atoms with E-state index in [1.54, 1.807) is 42.5 Å². The van der Waals surface area contributed by atoms with Crippen molar-refractivity contribution in [1.29, 1.82) is 5.26 Å². The lowest BCUT2D eigenvalue weighted by Gasteiger charge is -2.14. The van der Waals surface area contributed by atoms with Crippen molar-refractivity contribution in [1.82, 2.24) is 10.2 Å². The number of H-pyrrole nitrogens is 1. The average molecular weight is 487 g/mol. The molecule has 0 bridgehead atoms. The highest BCUT2D eigenvalue weighted by atomic mass is 127. The maximum absolute atomic E-state index is 15.2. The molecular formula is C21H15FIN3O2. The van der Waals surface area contributed by atoms with E-state index < -0.39 is 5.82 Å². The standard InChI is InChI=1S/C21H15FIN3O2/c1-2-13-7-14(12-24)9-18(8-13)28-21-16(11-23)4-3-15(20(21)22)10-17-5-6-19(27)26-25-17/h2-9H,1,10-11H2,(H,26,27). The molecule has 0 fully saturated rings. The molecule has 1 N–H and O–H groups in total. The van der Waals surface area contributed by atoms with Crippen molar-refractivity contribution in [2.24, 2.45) is 0 Å². The van der Waals surface area contributed by atoms with Crippen molar-refractivity contribution in [3.8, 4) is 17.6 Å². The Balaban J connectivity index is 2.00. The number of aromatic nitrogens is 2. The quantitative estimate of drug-likeness (QED) is 0.403. The van der Waals surface area contributed by atoms with Crippen LogP contribution in [0.1, 0.15) is 27.9 Å². The Kier molecular flexibility index (Phi) is 6.21. The van der Waals surface area contributed by atoms with E-state index in [9.17, 15) is 10.1 Å². The number of hydrogen-bond acceptors (Lipinski definition) is 4. The van der Waals surface area contributed by atoms with Gasteiger partial charge in [0, 0.05) is 22.5 Å². The third kappa shape index (κ3) is 4.46. The molecule has 1 heterocycles. The van der Waals surface area contributed by atoms with Gasteiger partial charge >= 0.3 is 0 Å². The van der Waals surface area contributed by atoms with Crippen molar-refractivity contribution in [2.45, 2.75) is 10.8 Å². The molecule has 5 nitrogen and oxygen atoms in total. The molecule has 7 heteroatoms. The summed E-state index contributed by atoms with van der Waals surface area (Å²) in [6.45, 7) is 3.70. The fourth-order valence-electron chi connectivity index (χ4n) is 2.64. The molecule has 0 saturated heterocycles. The van der Waals surface area contributed by atoms with Gasteiger partial charge in [-0.05, 0) is 35.4 Å². The van der Waals surface area contributed by atoms with Gasteiger partial charge in [0.2, 0.25) is 0 Å². The lowest BCUT2D eigenvalue weighted by atomic mass is 10.1. The molecule has 3 rings (SSSR count). The normalized spacial score (nSPS) is 10.3. The van der Waals surface area contributed by atoms with Crippen LogP contribution in [0.15, 0.2) is 53.8 Å². The number of nitriles is 1. The van der Waals surface area contributed by atoms with Gasteiger partial charge in [0.05, 0.1) is 17.3 Å². The SMILES string of the molecule is C=Cc1cc(C#N)cc(Oc2c(CI)ccc(Cc3ccc(=O)[nH]n3)c2F)c1. The van der Waals surface area contributed by atoms with E-state index in [4.69, 9.17) is 4.74 Å². The van der Waals surface area contributed by atoms with E-state index in [1.165, 1.54) is 6.07 Å². The van der Waals surface area contributed by atoms with Gasteiger partial charge in [-0.1, -0.05) is 47.4 Å². The van der Waals surface area contributed by atoms with Crippen LogP contribution in [0.25, 0.3) is 6.08 Å². The van der Waals surface area contributed by atoms with Crippen molar-refractivity contribution in [3.05, 3.63) is 93.2 Å². The molecule has 0 aliphatic rings. The van der Waals surface area contributed by atoms with Gasteiger partial charge in [-0.25, -0.2) is 9.49 Å². The highest BCUT2D eigenvalue weighted by molar-refractivity contribution is 14.1. The Morgan fingerprint density at radius 3 is 2.68 bits per heavy atom. The Hall–Kier alpha value is -2.99. The molecule has 1 aromatic heterocycles. The van der Waals surface area contributed by atoms with Crippen LogP contribution >= 0.6 is 22.6 Å². The second-order valence-corrected chi connectivity index (χ2v) is 6.72. The van der Waals surface area contributed by atoms with Crippen molar-refractivity contribution < 1.29 is 9.13 Å². The van der Waals surface area contributed by atoms with Gasteiger partial charge in [-0.2, -0.15) is 10.4 Å². The fourth-order valence-corrected chi connectivity index (χ4v) is 3.24. The smallest absolute Gasteiger partial charge is 0.264 e. The maximum atomic E-state index is 15.2. The maximum Gasteiger partial charge on any atom is 0.264 e. The zero-order valence-corrected chi connectivity index (χ0v) is 16.9.